The molecule has 1 saturated heterocycles. The molecule has 0 saturated carbocycles. The van der Waals surface area contributed by atoms with Crippen LogP contribution in [0.5, 0.6) is 0 Å². The van der Waals surface area contributed by atoms with Crippen molar-refractivity contribution in [1.29, 1.82) is 0 Å². The van der Waals surface area contributed by atoms with Gasteiger partial charge in [-0.25, -0.2) is 4.98 Å². The normalized spacial score (nSPS) is 15.8. The van der Waals surface area contributed by atoms with Gasteiger partial charge >= 0.3 is 0 Å². The van der Waals surface area contributed by atoms with Gasteiger partial charge in [0.15, 0.2) is 0 Å². The summed E-state index contributed by atoms with van der Waals surface area (Å²) in [6, 6.07) is 0. The number of imidazole rings is 1. The van der Waals surface area contributed by atoms with Gasteiger partial charge in [0.05, 0.1) is 11.3 Å². The lowest BCUT2D eigenvalue weighted by Gasteiger charge is -2.32. The molecule has 0 N–H and O–H groups in total. The molecule has 2 aromatic rings. The van der Waals surface area contributed by atoms with Crippen LogP contribution in [0.1, 0.15) is 47.1 Å². The molecule has 1 fully saturated rings. The Morgan fingerprint density at radius 1 is 1.31 bits per heavy atom. The van der Waals surface area contributed by atoms with E-state index in [1.807, 2.05) is 31.3 Å². The van der Waals surface area contributed by atoms with Crippen LogP contribution >= 0.6 is 0 Å². The molecule has 0 aromatic carbocycles. The highest BCUT2D eigenvalue weighted by atomic mass is 16.2. The summed E-state index contributed by atoms with van der Waals surface area (Å²) in [5, 5.41) is 4.29. The van der Waals surface area contributed by atoms with Crippen LogP contribution in [0.2, 0.25) is 0 Å². The van der Waals surface area contributed by atoms with Crippen molar-refractivity contribution in [3.8, 4) is 0 Å². The molecule has 0 aliphatic carbocycles. The Hall–Kier alpha value is -2.15. The molecule has 1 aliphatic heterocycles. The van der Waals surface area contributed by atoms with Crippen molar-refractivity contribution in [2.75, 3.05) is 33.7 Å². The number of aromatic nitrogens is 4. The van der Waals surface area contributed by atoms with Gasteiger partial charge < -0.3 is 14.4 Å². The highest BCUT2D eigenvalue weighted by molar-refractivity contribution is 5.95. The SMILES string of the molecule is Cc1nn(C)cc1C(=O)N1CCC(c2nccn2CCCN(C)C)CC1. The number of likely N-dealkylation sites (tertiary alicyclic amines) is 1. The Labute approximate surface area is 155 Å². The lowest BCUT2D eigenvalue weighted by Crippen LogP contribution is -2.38. The average Bonchev–Trinajstić information content (AvgIpc) is 3.20. The molecule has 7 heteroatoms. The standard InChI is InChI=1S/C19H30N6O/c1-15-17(14-23(4)21-15)19(26)25-11-6-16(7-12-25)18-20-8-13-24(18)10-5-9-22(2)3/h8,13-14,16H,5-7,9-12H2,1-4H3. The maximum absolute atomic E-state index is 12.7. The molecule has 1 aliphatic rings. The predicted molar refractivity (Wildman–Crippen MR) is 101 cm³/mol. The molecular formula is C19H30N6O. The first-order valence-electron chi connectivity index (χ1n) is 9.41. The van der Waals surface area contributed by atoms with E-state index in [2.05, 4.69) is 39.8 Å². The zero-order valence-corrected chi connectivity index (χ0v) is 16.4. The van der Waals surface area contributed by atoms with E-state index in [0.717, 1.165) is 56.7 Å². The van der Waals surface area contributed by atoms with Crippen LogP contribution in [0.3, 0.4) is 0 Å². The monoisotopic (exact) mass is 358 g/mol. The Morgan fingerprint density at radius 2 is 2.04 bits per heavy atom. The highest BCUT2D eigenvalue weighted by Crippen LogP contribution is 2.28. The van der Waals surface area contributed by atoms with Crippen molar-refractivity contribution in [2.45, 2.75) is 38.6 Å². The van der Waals surface area contributed by atoms with Gasteiger partial charge in [-0.05, 0) is 46.8 Å². The minimum atomic E-state index is 0.100. The van der Waals surface area contributed by atoms with E-state index in [9.17, 15) is 4.79 Å². The largest absolute Gasteiger partial charge is 0.338 e. The van der Waals surface area contributed by atoms with Gasteiger partial charge in [-0.15, -0.1) is 0 Å². The Bertz CT molecular complexity index is 739. The van der Waals surface area contributed by atoms with E-state index in [1.54, 1.807) is 4.68 Å². The molecule has 0 unspecified atom stereocenters. The Kier molecular flexibility index (Phi) is 5.76. The third-order valence-corrected chi connectivity index (χ3v) is 5.14. The number of hydrogen-bond acceptors (Lipinski definition) is 4. The van der Waals surface area contributed by atoms with E-state index in [0.29, 0.717) is 5.92 Å². The molecule has 0 bridgehead atoms. The van der Waals surface area contributed by atoms with Crippen molar-refractivity contribution in [3.05, 3.63) is 35.7 Å². The maximum atomic E-state index is 12.7. The van der Waals surface area contributed by atoms with E-state index < -0.39 is 0 Å². The second kappa shape index (κ2) is 8.03. The van der Waals surface area contributed by atoms with Crippen LogP contribution in [0, 0.1) is 6.92 Å². The fraction of sp³-hybridized carbons (Fsp3) is 0.632. The molecule has 0 spiro atoms. The number of carbonyl (C=O) groups is 1. The van der Waals surface area contributed by atoms with Crippen molar-refractivity contribution >= 4 is 5.91 Å². The number of aryl methyl sites for hydroxylation is 3. The first-order valence-corrected chi connectivity index (χ1v) is 9.41. The van der Waals surface area contributed by atoms with E-state index >= 15 is 0 Å². The number of piperidine rings is 1. The quantitative estimate of drug-likeness (QED) is 0.791. The summed E-state index contributed by atoms with van der Waals surface area (Å²) in [4.78, 5) is 21.5. The topological polar surface area (TPSA) is 59.2 Å². The molecular weight excluding hydrogens is 328 g/mol. The Morgan fingerprint density at radius 3 is 2.65 bits per heavy atom. The summed E-state index contributed by atoms with van der Waals surface area (Å²) >= 11 is 0. The molecule has 0 atom stereocenters. The van der Waals surface area contributed by atoms with Crippen LogP contribution in [-0.4, -0.2) is 68.8 Å². The molecule has 7 nitrogen and oxygen atoms in total. The van der Waals surface area contributed by atoms with Crippen molar-refractivity contribution in [2.24, 2.45) is 7.05 Å². The molecule has 142 valence electrons. The smallest absolute Gasteiger partial charge is 0.257 e. The maximum Gasteiger partial charge on any atom is 0.257 e. The molecule has 0 radical (unpaired) electrons. The van der Waals surface area contributed by atoms with Crippen LogP contribution in [-0.2, 0) is 13.6 Å². The minimum Gasteiger partial charge on any atom is -0.338 e. The summed E-state index contributed by atoms with van der Waals surface area (Å²) in [5.41, 5.74) is 1.52. The third-order valence-electron chi connectivity index (χ3n) is 5.14. The van der Waals surface area contributed by atoms with Crippen molar-refractivity contribution in [1.82, 2.24) is 29.1 Å². The van der Waals surface area contributed by atoms with Gasteiger partial charge in [-0.3, -0.25) is 9.48 Å². The Balaban J connectivity index is 1.58. The first-order chi connectivity index (χ1) is 12.5. The molecule has 1 amide bonds. The second-order valence-electron chi connectivity index (χ2n) is 7.50. The van der Waals surface area contributed by atoms with Crippen molar-refractivity contribution in [3.63, 3.8) is 0 Å². The fourth-order valence-corrected chi connectivity index (χ4v) is 3.75. The van der Waals surface area contributed by atoms with Gasteiger partial charge in [0.25, 0.3) is 5.91 Å². The second-order valence-corrected chi connectivity index (χ2v) is 7.50. The van der Waals surface area contributed by atoms with Gasteiger partial charge in [0.2, 0.25) is 0 Å². The van der Waals surface area contributed by atoms with Gasteiger partial charge in [-0.2, -0.15) is 5.10 Å². The fourth-order valence-electron chi connectivity index (χ4n) is 3.75. The third kappa shape index (κ3) is 4.15. The van der Waals surface area contributed by atoms with Gasteiger partial charge in [-0.1, -0.05) is 0 Å². The molecule has 26 heavy (non-hydrogen) atoms. The summed E-state index contributed by atoms with van der Waals surface area (Å²) in [5.74, 6) is 1.71. The minimum absolute atomic E-state index is 0.100. The van der Waals surface area contributed by atoms with Crippen molar-refractivity contribution < 1.29 is 4.79 Å². The number of rotatable bonds is 6. The first kappa shape index (κ1) is 18.6. The van der Waals surface area contributed by atoms with Crippen LogP contribution in [0.15, 0.2) is 18.6 Å². The number of hydrogen-bond donors (Lipinski definition) is 0. The summed E-state index contributed by atoms with van der Waals surface area (Å²) < 4.78 is 4.00. The summed E-state index contributed by atoms with van der Waals surface area (Å²) in [7, 11) is 6.06. The van der Waals surface area contributed by atoms with E-state index in [4.69, 9.17) is 0 Å². The van der Waals surface area contributed by atoms with Gasteiger partial charge in [0.1, 0.15) is 5.82 Å². The lowest BCUT2D eigenvalue weighted by atomic mass is 9.95. The molecule has 2 aromatic heterocycles. The lowest BCUT2D eigenvalue weighted by molar-refractivity contribution is 0.0709. The highest BCUT2D eigenvalue weighted by Gasteiger charge is 2.28. The zero-order chi connectivity index (χ0) is 18.7. The zero-order valence-electron chi connectivity index (χ0n) is 16.4. The van der Waals surface area contributed by atoms with E-state index in [1.165, 1.54) is 5.82 Å². The number of nitrogens with zero attached hydrogens (tertiary/aromatic N) is 6. The van der Waals surface area contributed by atoms with Gasteiger partial charge in [0, 0.05) is 51.2 Å². The molecule has 3 heterocycles. The van der Waals surface area contributed by atoms with Crippen LogP contribution in [0.4, 0.5) is 0 Å². The number of carbonyl (C=O) groups excluding carboxylic acids is 1. The summed E-state index contributed by atoms with van der Waals surface area (Å²) in [6.45, 7) is 5.53. The predicted octanol–water partition coefficient (Wildman–Crippen LogP) is 1.90. The average molecular weight is 358 g/mol. The number of amides is 1. The molecule has 3 rings (SSSR count). The van der Waals surface area contributed by atoms with E-state index in [-0.39, 0.29) is 5.91 Å². The van der Waals surface area contributed by atoms with Crippen LogP contribution in [0.25, 0.3) is 0 Å². The summed E-state index contributed by atoms with van der Waals surface area (Å²) in [6.07, 6.45) is 8.86. The van der Waals surface area contributed by atoms with Crippen LogP contribution < -0.4 is 0 Å².